The number of ether oxygens (including phenoxy) is 2. The van der Waals surface area contributed by atoms with Gasteiger partial charge in [0, 0.05) is 18.3 Å². The largest absolute Gasteiger partial charge is 0.493 e. The third kappa shape index (κ3) is 3.31. The van der Waals surface area contributed by atoms with Gasteiger partial charge in [-0.05, 0) is 12.5 Å². The molecule has 0 radical (unpaired) electrons. The summed E-state index contributed by atoms with van der Waals surface area (Å²) in [6, 6.07) is 0. The summed E-state index contributed by atoms with van der Waals surface area (Å²) in [7, 11) is 1.37. The van der Waals surface area contributed by atoms with Crippen LogP contribution in [-0.2, 0) is 19.1 Å². The summed E-state index contributed by atoms with van der Waals surface area (Å²) in [4.78, 5) is 22.9. The highest BCUT2D eigenvalue weighted by atomic mass is 16.5. The van der Waals surface area contributed by atoms with E-state index in [1.807, 2.05) is 0 Å². The SMILES string of the molecule is CCCCOCC1=CC(=O)C=C(OC)C1=O. The van der Waals surface area contributed by atoms with Crippen LogP contribution < -0.4 is 0 Å². The summed E-state index contributed by atoms with van der Waals surface area (Å²) < 4.78 is 10.1. The molecule has 1 aliphatic rings. The average molecular weight is 224 g/mol. The van der Waals surface area contributed by atoms with Crippen molar-refractivity contribution < 1.29 is 19.1 Å². The molecule has 0 saturated carbocycles. The minimum Gasteiger partial charge on any atom is -0.493 e. The molecule has 0 fully saturated rings. The first-order valence-corrected chi connectivity index (χ1v) is 5.31. The molecule has 0 aromatic carbocycles. The van der Waals surface area contributed by atoms with E-state index in [1.165, 1.54) is 19.3 Å². The van der Waals surface area contributed by atoms with E-state index in [2.05, 4.69) is 6.92 Å². The van der Waals surface area contributed by atoms with Crippen molar-refractivity contribution in [3.05, 3.63) is 23.5 Å². The Kier molecular flexibility index (Phi) is 4.92. The highest BCUT2D eigenvalue weighted by molar-refractivity contribution is 6.19. The van der Waals surface area contributed by atoms with E-state index in [9.17, 15) is 9.59 Å². The van der Waals surface area contributed by atoms with Gasteiger partial charge in [0.15, 0.2) is 11.5 Å². The smallest absolute Gasteiger partial charge is 0.226 e. The first kappa shape index (κ1) is 12.6. The quantitative estimate of drug-likeness (QED) is 0.505. The molecule has 0 bridgehead atoms. The van der Waals surface area contributed by atoms with Crippen molar-refractivity contribution in [2.75, 3.05) is 20.3 Å². The van der Waals surface area contributed by atoms with E-state index in [1.54, 1.807) is 0 Å². The Bertz CT molecular complexity index is 339. The third-order valence-corrected chi connectivity index (χ3v) is 2.22. The van der Waals surface area contributed by atoms with Crippen LogP contribution in [0.2, 0.25) is 0 Å². The van der Waals surface area contributed by atoms with Gasteiger partial charge in [-0.3, -0.25) is 9.59 Å². The number of methoxy groups -OCH3 is 1. The van der Waals surface area contributed by atoms with Gasteiger partial charge in [-0.25, -0.2) is 0 Å². The van der Waals surface area contributed by atoms with E-state index in [0.29, 0.717) is 12.2 Å². The molecular formula is C12H16O4. The van der Waals surface area contributed by atoms with Crippen LogP contribution >= 0.6 is 0 Å². The molecule has 1 aliphatic carbocycles. The monoisotopic (exact) mass is 224 g/mol. The van der Waals surface area contributed by atoms with Gasteiger partial charge in [0.05, 0.1) is 13.7 Å². The summed E-state index contributed by atoms with van der Waals surface area (Å²) >= 11 is 0. The molecule has 88 valence electrons. The molecule has 0 spiro atoms. The van der Waals surface area contributed by atoms with Gasteiger partial charge in [-0.15, -0.1) is 0 Å². The molecule has 1 rings (SSSR count). The number of carbonyl (C=O) groups is 2. The predicted molar refractivity (Wildman–Crippen MR) is 58.9 cm³/mol. The minimum absolute atomic E-state index is 0.0848. The zero-order valence-corrected chi connectivity index (χ0v) is 9.62. The number of hydrogen-bond donors (Lipinski definition) is 0. The van der Waals surface area contributed by atoms with E-state index in [4.69, 9.17) is 9.47 Å². The minimum atomic E-state index is -0.265. The van der Waals surface area contributed by atoms with Crippen molar-refractivity contribution in [1.29, 1.82) is 0 Å². The van der Waals surface area contributed by atoms with Gasteiger partial charge in [0.1, 0.15) is 0 Å². The Hall–Kier alpha value is -1.42. The normalized spacial score (nSPS) is 15.9. The fraction of sp³-hybridized carbons (Fsp3) is 0.500. The highest BCUT2D eigenvalue weighted by Gasteiger charge is 2.22. The Morgan fingerprint density at radius 1 is 1.25 bits per heavy atom. The van der Waals surface area contributed by atoms with E-state index in [-0.39, 0.29) is 23.9 Å². The van der Waals surface area contributed by atoms with Gasteiger partial charge in [-0.1, -0.05) is 13.3 Å². The molecule has 0 amide bonds. The summed E-state index contributed by atoms with van der Waals surface area (Å²) in [5, 5.41) is 0. The van der Waals surface area contributed by atoms with Crippen LogP contribution in [0.25, 0.3) is 0 Å². The van der Waals surface area contributed by atoms with Crippen LogP contribution in [0.3, 0.4) is 0 Å². The number of allylic oxidation sites excluding steroid dienone is 3. The molecule has 16 heavy (non-hydrogen) atoms. The average Bonchev–Trinajstić information content (AvgIpc) is 2.28. The van der Waals surface area contributed by atoms with Crippen molar-refractivity contribution in [3.8, 4) is 0 Å². The maximum absolute atomic E-state index is 11.7. The second-order valence-corrected chi connectivity index (χ2v) is 3.52. The lowest BCUT2D eigenvalue weighted by atomic mass is 10.0. The molecule has 4 heteroatoms. The standard InChI is InChI=1S/C12H16O4/c1-3-4-5-16-8-9-6-10(13)7-11(15-2)12(9)14/h6-7H,3-5,8H2,1-2H3. The Morgan fingerprint density at radius 3 is 2.62 bits per heavy atom. The lowest BCUT2D eigenvalue weighted by molar-refractivity contribution is -0.118. The van der Waals surface area contributed by atoms with Gasteiger partial charge in [-0.2, -0.15) is 0 Å². The van der Waals surface area contributed by atoms with Crippen molar-refractivity contribution in [3.63, 3.8) is 0 Å². The second kappa shape index (κ2) is 6.23. The molecular weight excluding hydrogens is 208 g/mol. The molecule has 0 aromatic heterocycles. The number of rotatable bonds is 6. The Morgan fingerprint density at radius 2 is 2.00 bits per heavy atom. The number of unbranched alkanes of at least 4 members (excludes halogenated alkanes) is 1. The van der Waals surface area contributed by atoms with E-state index in [0.717, 1.165) is 12.8 Å². The Labute approximate surface area is 94.9 Å². The molecule has 0 atom stereocenters. The number of Topliss-reactive ketones (excluding diaryl/α,β-unsaturated/α-hetero) is 1. The topological polar surface area (TPSA) is 52.6 Å². The maximum Gasteiger partial charge on any atom is 0.226 e. The molecule has 0 unspecified atom stereocenters. The van der Waals surface area contributed by atoms with Crippen LogP contribution in [0.5, 0.6) is 0 Å². The van der Waals surface area contributed by atoms with Gasteiger partial charge in [0.25, 0.3) is 0 Å². The fourth-order valence-electron chi connectivity index (χ4n) is 1.32. The molecule has 0 saturated heterocycles. The number of carbonyl (C=O) groups excluding carboxylic acids is 2. The first-order chi connectivity index (χ1) is 7.69. The summed E-state index contributed by atoms with van der Waals surface area (Å²) in [6.45, 7) is 2.83. The number of ketones is 2. The molecule has 0 heterocycles. The van der Waals surface area contributed by atoms with Crippen LogP contribution in [-0.4, -0.2) is 31.9 Å². The van der Waals surface area contributed by atoms with Crippen molar-refractivity contribution in [1.82, 2.24) is 0 Å². The summed E-state index contributed by atoms with van der Waals surface area (Å²) in [6.07, 6.45) is 4.48. The number of hydrogen-bond acceptors (Lipinski definition) is 4. The summed E-state index contributed by atoms with van der Waals surface area (Å²) in [5.41, 5.74) is 0.362. The van der Waals surface area contributed by atoms with Crippen molar-refractivity contribution >= 4 is 11.6 Å². The zero-order chi connectivity index (χ0) is 12.0. The molecule has 0 aliphatic heterocycles. The molecule has 0 N–H and O–H groups in total. The van der Waals surface area contributed by atoms with Gasteiger partial charge < -0.3 is 9.47 Å². The van der Waals surface area contributed by atoms with Gasteiger partial charge in [0.2, 0.25) is 5.78 Å². The predicted octanol–water partition coefficient (Wildman–Crippen LogP) is 1.41. The van der Waals surface area contributed by atoms with Crippen molar-refractivity contribution in [2.24, 2.45) is 0 Å². The maximum atomic E-state index is 11.7. The van der Waals surface area contributed by atoms with Crippen LogP contribution in [0.15, 0.2) is 23.5 Å². The highest BCUT2D eigenvalue weighted by Crippen LogP contribution is 2.13. The van der Waals surface area contributed by atoms with Crippen LogP contribution in [0.4, 0.5) is 0 Å². The van der Waals surface area contributed by atoms with E-state index >= 15 is 0 Å². The van der Waals surface area contributed by atoms with E-state index < -0.39 is 0 Å². The fourth-order valence-corrected chi connectivity index (χ4v) is 1.32. The summed E-state index contributed by atoms with van der Waals surface area (Å²) in [5.74, 6) is -0.411. The lowest BCUT2D eigenvalue weighted by Gasteiger charge is -2.12. The van der Waals surface area contributed by atoms with Crippen LogP contribution in [0, 0.1) is 0 Å². The second-order valence-electron chi connectivity index (χ2n) is 3.52. The first-order valence-electron chi connectivity index (χ1n) is 5.31. The molecule has 4 nitrogen and oxygen atoms in total. The Balaban J connectivity index is 2.53. The van der Waals surface area contributed by atoms with Gasteiger partial charge >= 0.3 is 0 Å². The third-order valence-electron chi connectivity index (χ3n) is 2.22. The zero-order valence-electron chi connectivity index (χ0n) is 9.62. The molecule has 0 aromatic rings. The van der Waals surface area contributed by atoms with Crippen molar-refractivity contribution in [2.45, 2.75) is 19.8 Å². The lowest BCUT2D eigenvalue weighted by Crippen LogP contribution is -2.19. The van der Waals surface area contributed by atoms with Crippen LogP contribution in [0.1, 0.15) is 19.8 Å².